The third-order valence-electron chi connectivity index (χ3n) is 8.29. The number of carbonyl (C=O) groups is 2. The van der Waals surface area contributed by atoms with Crippen LogP contribution in [0.25, 0.3) is 22.2 Å². The number of benzene rings is 1. The largest absolute Gasteiger partial charge is 0.339 e. The Morgan fingerprint density at radius 1 is 1.07 bits per heavy atom. The highest BCUT2D eigenvalue weighted by Crippen LogP contribution is 2.35. The number of rotatable bonds is 6. The second-order valence-corrected chi connectivity index (χ2v) is 11.7. The van der Waals surface area contributed by atoms with Crippen LogP contribution < -0.4 is 21.1 Å². The lowest BCUT2D eigenvalue weighted by Crippen LogP contribution is -2.40. The van der Waals surface area contributed by atoms with Gasteiger partial charge in [-0.05, 0) is 75.6 Å². The molecule has 2 fully saturated rings. The Labute approximate surface area is 242 Å². The van der Waals surface area contributed by atoms with Gasteiger partial charge in [0.1, 0.15) is 11.6 Å². The van der Waals surface area contributed by atoms with Gasteiger partial charge in [-0.1, -0.05) is 19.3 Å². The SMILES string of the molecule is CC1(C)CCC(=O)N1c1ccc(Nc2cc(-c3ccc(NC(=O)C4CCCCC4)cc3F)nc3cc[nH]c(=O)c23)nc1. The summed E-state index contributed by atoms with van der Waals surface area (Å²) in [5.41, 5.74) is 1.78. The summed E-state index contributed by atoms with van der Waals surface area (Å²) in [6.07, 6.45) is 9.31. The van der Waals surface area contributed by atoms with Crippen LogP contribution in [0, 0.1) is 11.7 Å². The number of hydrogen-bond donors (Lipinski definition) is 3. The van der Waals surface area contributed by atoms with Gasteiger partial charge >= 0.3 is 0 Å². The highest BCUT2D eigenvalue weighted by molar-refractivity contribution is 5.98. The minimum Gasteiger partial charge on any atom is -0.339 e. The number of nitrogens with zero attached hydrogens (tertiary/aromatic N) is 3. The molecule has 10 heteroatoms. The van der Waals surface area contributed by atoms with E-state index in [9.17, 15) is 14.4 Å². The first-order valence-electron chi connectivity index (χ1n) is 14.4. The number of hydrogen-bond acceptors (Lipinski definition) is 6. The van der Waals surface area contributed by atoms with E-state index in [1.165, 1.54) is 12.3 Å². The molecular weight excluding hydrogens is 535 g/mol. The zero-order valence-corrected chi connectivity index (χ0v) is 23.7. The molecule has 6 rings (SSSR count). The zero-order valence-electron chi connectivity index (χ0n) is 23.7. The maximum absolute atomic E-state index is 15.4. The van der Waals surface area contributed by atoms with E-state index in [-0.39, 0.29) is 34.4 Å². The van der Waals surface area contributed by atoms with Crippen LogP contribution in [0.4, 0.5) is 27.3 Å². The van der Waals surface area contributed by atoms with Crippen LogP contribution in [0.1, 0.15) is 58.8 Å². The molecule has 4 aromatic rings. The summed E-state index contributed by atoms with van der Waals surface area (Å²) in [5, 5.41) is 6.35. The summed E-state index contributed by atoms with van der Waals surface area (Å²) in [7, 11) is 0. The Morgan fingerprint density at radius 3 is 2.57 bits per heavy atom. The Kier molecular flexibility index (Phi) is 7.22. The van der Waals surface area contributed by atoms with E-state index in [4.69, 9.17) is 0 Å². The van der Waals surface area contributed by atoms with Gasteiger partial charge in [0, 0.05) is 35.3 Å². The summed E-state index contributed by atoms with van der Waals surface area (Å²) >= 11 is 0. The molecule has 0 spiro atoms. The van der Waals surface area contributed by atoms with Crippen molar-refractivity contribution in [1.82, 2.24) is 15.0 Å². The molecule has 0 radical (unpaired) electrons. The first-order valence-corrected chi connectivity index (χ1v) is 14.4. The van der Waals surface area contributed by atoms with Crippen LogP contribution in [0.2, 0.25) is 0 Å². The molecule has 1 aromatic carbocycles. The van der Waals surface area contributed by atoms with Crippen LogP contribution in [-0.2, 0) is 9.59 Å². The van der Waals surface area contributed by atoms with Gasteiger partial charge in [-0.3, -0.25) is 14.4 Å². The normalized spacial score (nSPS) is 17.0. The van der Waals surface area contributed by atoms with Crippen LogP contribution in [0.5, 0.6) is 0 Å². The number of aromatic amines is 1. The Balaban J connectivity index is 1.30. The van der Waals surface area contributed by atoms with Gasteiger partial charge in [0.25, 0.3) is 5.56 Å². The fourth-order valence-electron chi connectivity index (χ4n) is 6.04. The highest BCUT2D eigenvalue weighted by Gasteiger charge is 2.38. The van der Waals surface area contributed by atoms with Gasteiger partial charge < -0.3 is 20.5 Å². The van der Waals surface area contributed by atoms with Crippen LogP contribution in [0.3, 0.4) is 0 Å². The first-order chi connectivity index (χ1) is 20.2. The van der Waals surface area contributed by atoms with Crippen LogP contribution >= 0.6 is 0 Å². The van der Waals surface area contributed by atoms with E-state index in [0.29, 0.717) is 45.9 Å². The standard InChI is InChI=1S/C32H33FN6O3/c1-32(2)14-12-28(40)39(32)21-9-11-27(35-18-21)38-26-17-25(37-24-13-15-34-31(42)29(24)26)22-10-8-20(16-23(22)33)36-30(41)19-6-4-3-5-7-19/h8-11,13,15-19H,3-7,12,14H2,1-2H3,(H,34,42)(H,36,41)(H,35,37,38). The summed E-state index contributed by atoms with van der Waals surface area (Å²) in [6.45, 7) is 4.05. The van der Waals surface area contributed by atoms with E-state index in [1.54, 1.807) is 41.4 Å². The van der Waals surface area contributed by atoms with Crippen molar-refractivity contribution >= 4 is 45.6 Å². The summed E-state index contributed by atoms with van der Waals surface area (Å²) in [5.74, 6) is -0.154. The molecule has 0 unspecified atom stereocenters. The van der Waals surface area contributed by atoms with Gasteiger partial charge in [0.2, 0.25) is 11.8 Å². The molecule has 4 heterocycles. The summed E-state index contributed by atoms with van der Waals surface area (Å²) < 4.78 is 15.4. The molecule has 9 nitrogen and oxygen atoms in total. The highest BCUT2D eigenvalue weighted by atomic mass is 19.1. The molecule has 3 aromatic heterocycles. The number of fused-ring (bicyclic) bond motifs is 1. The third kappa shape index (κ3) is 5.36. The minimum atomic E-state index is -0.542. The molecule has 2 amide bonds. The predicted molar refractivity (Wildman–Crippen MR) is 161 cm³/mol. The number of halogens is 1. The molecular formula is C32H33FN6O3. The molecule has 1 saturated heterocycles. The average Bonchev–Trinajstić information content (AvgIpc) is 3.25. The number of amides is 2. The van der Waals surface area contributed by atoms with E-state index >= 15 is 4.39 Å². The number of H-pyrrole nitrogens is 1. The van der Waals surface area contributed by atoms with Gasteiger partial charge in [0.15, 0.2) is 0 Å². The van der Waals surface area contributed by atoms with Crippen molar-refractivity contribution in [2.75, 3.05) is 15.5 Å². The van der Waals surface area contributed by atoms with Crippen molar-refractivity contribution in [3.8, 4) is 11.3 Å². The molecule has 0 bridgehead atoms. The second kappa shape index (κ2) is 11.0. The maximum Gasteiger partial charge on any atom is 0.259 e. The topological polar surface area (TPSA) is 120 Å². The smallest absolute Gasteiger partial charge is 0.259 e. The quantitative estimate of drug-likeness (QED) is 0.251. The second-order valence-electron chi connectivity index (χ2n) is 11.7. The van der Waals surface area contributed by atoms with Crippen molar-refractivity contribution in [1.29, 1.82) is 0 Å². The maximum atomic E-state index is 15.4. The number of nitrogens with one attached hydrogen (secondary N) is 3. The zero-order chi connectivity index (χ0) is 29.4. The molecule has 1 aliphatic heterocycles. The van der Waals surface area contributed by atoms with Gasteiger partial charge in [0.05, 0.1) is 34.2 Å². The van der Waals surface area contributed by atoms with E-state index in [2.05, 4.69) is 25.6 Å². The van der Waals surface area contributed by atoms with E-state index in [1.807, 2.05) is 19.9 Å². The van der Waals surface area contributed by atoms with Gasteiger partial charge in [-0.2, -0.15) is 0 Å². The number of aromatic nitrogens is 3. The van der Waals surface area contributed by atoms with Crippen molar-refractivity contribution in [2.45, 2.75) is 64.3 Å². The number of anilines is 4. The predicted octanol–water partition coefficient (Wildman–Crippen LogP) is 6.29. The molecule has 2 aliphatic rings. The van der Waals surface area contributed by atoms with E-state index in [0.717, 1.165) is 38.5 Å². The Bertz CT molecular complexity index is 1730. The fourth-order valence-corrected chi connectivity index (χ4v) is 6.04. The van der Waals surface area contributed by atoms with Gasteiger partial charge in [-0.25, -0.2) is 14.4 Å². The summed E-state index contributed by atoms with van der Waals surface area (Å²) in [6, 6.07) is 11.4. The number of pyridine rings is 3. The van der Waals surface area contributed by atoms with E-state index < -0.39 is 5.82 Å². The monoisotopic (exact) mass is 568 g/mol. The average molecular weight is 569 g/mol. The Hall–Kier alpha value is -4.60. The third-order valence-corrected chi connectivity index (χ3v) is 8.29. The first kappa shape index (κ1) is 27.6. The fraction of sp³-hybridized carbons (Fsp3) is 0.344. The molecule has 1 aliphatic carbocycles. The lowest BCUT2D eigenvalue weighted by molar-refractivity contribution is -0.120. The molecule has 3 N–H and O–H groups in total. The lowest BCUT2D eigenvalue weighted by Gasteiger charge is -2.31. The van der Waals surface area contributed by atoms with Crippen molar-refractivity contribution in [3.05, 3.63) is 71.0 Å². The van der Waals surface area contributed by atoms with Crippen molar-refractivity contribution in [3.63, 3.8) is 0 Å². The van der Waals surface area contributed by atoms with Crippen molar-refractivity contribution < 1.29 is 14.0 Å². The minimum absolute atomic E-state index is 0.0413. The molecule has 216 valence electrons. The molecule has 1 saturated carbocycles. The number of carbonyl (C=O) groups excluding carboxylic acids is 2. The molecule has 0 atom stereocenters. The summed E-state index contributed by atoms with van der Waals surface area (Å²) in [4.78, 5) is 51.5. The van der Waals surface area contributed by atoms with Crippen LogP contribution in [0.15, 0.2) is 59.7 Å². The van der Waals surface area contributed by atoms with Crippen LogP contribution in [-0.4, -0.2) is 32.3 Å². The Morgan fingerprint density at radius 2 is 1.88 bits per heavy atom. The molecule has 42 heavy (non-hydrogen) atoms. The lowest BCUT2D eigenvalue weighted by atomic mass is 9.88. The van der Waals surface area contributed by atoms with Crippen molar-refractivity contribution in [2.24, 2.45) is 5.92 Å². The van der Waals surface area contributed by atoms with Gasteiger partial charge in [-0.15, -0.1) is 0 Å².